The average molecular weight is 440 g/mol. The van der Waals surface area contributed by atoms with Gasteiger partial charge in [-0.2, -0.15) is 0 Å². The second-order valence-electron chi connectivity index (χ2n) is 6.97. The van der Waals surface area contributed by atoms with Crippen molar-refractivity contribution in [3.63, 3.8) is 0 Å². The summed E-state index contributed by atoms with van der Waals surface area (Å²) in [7, 11) is -3.25. The molecule has 0 aliphatic rings. The third kappa shape index (κ3) is 7.55. The summed E-state index contributed by atoms with van der Waals surface area (Å²) in [6.45, 7) is 5.10. The summed E-state index contributed by atoms with van der Waals surface area (Å²) in [6.07, 6.45) is 0.152. The van der Waals surface area contributed by atoms with E-state index in [2.05, 4.69) is 0 Å². The first-order valence-corrected chi connectivity index (χ1v) is 12.2. The maximum Gasteiger partial charge on any atom is 0.335 e. The van der Waals surface area contributed by atoms with Gasteiger partial charge in [-0.25, -0.2) is 0 Å². The van der Waals surface area contributed by atoms with E-state index in [0.29, 0.717) is 37.9 Å². The van der Waals surface area contributed by atoms with E-state index in [1.165, 1.54) is 0 Å². The molecule has 0 amide bonds. The molecule has 6 heteroatoms. The summed E-state index contributed by atoms with van der Waals surface area (Å²) in [5, 5.41) is 0. The molecule has 0 aliphatic heterocycles. The highest BCUT2D eigenvalue weighted by Gasteiger charge is 2.24. The molecule has 3 rings (SSSR count). The highest BCUT2D eigenvalue weighted by atomic mass is 31.2. The summed E-state index contributed by atoms with van der Waals surface area (Å²) >= 11 is 0. The average Bonchev–Trinajstić information content (AvgIpc) is 2.78. The molecule has 31 heavy (non-hydrogen) atoms. The van der Waals surface area contributed by atoms with Crippen molar-refractivity contribution in [2.75, 3.05) is 13.2 Å². The van der Waals surface area contributed by atoms with E-state index in [0.717, 1.165) is 16.7 Å². The Balaban J connectivity index is 1.80. The maximum absolute atomic E-state index is 13.0. The van der Waals surface area contributed by atoms with Crippen LogP contribution in [0.3, 0.4) is 0 Å². The van der Waals surface area contributed by atoms with E-state index in [4.69, 9.17) is 18.5 Å². The van der Waals surface area contributed by atoms with Gasteiger partial charge in [0.05, 0.1) is 19.4 Å². The van der Waals surface area contributed by atoms with Crippen LogP contribution in [0, 0.1) is 0 Å². The van der Waals surface area contributed by atoms with Crippen molar-refractivity contribution >= 4 is 7.60 Å². The normalized spacial score (nSPS) is 11.3. The third-order valence-corrected chi connectivity index (χ3v) is 6.52. The van der Waals surface area contributed by atoms with Gasteiger partial charge in [0.15, 0.2) is 0 Å². The lowest BCUT2D eigenvalue weighted by Crippen LogP contribution is -2.02. The van der Waals surface area contributed by atoms with Crippen molar-refractivity contribution in [3.05, 3.63) is 95.6 Å². The van der Waals surface area contributed by atoms with E-state index in [1.54, 1.807) is 13.8 Å². The van der Waals surface area contributed by atoms with Gasteiger partial charge in [-0.1, -0.05) is 60.7 Å². The zero-order chi connectivity index (χ0) is 21.9. The number of benzene rings is 3. The van der Waals surface area contributed by atoms with Crippen molar-refractivity contribution in [2.24, 2.45) is 0 Å². The molecule has 3 aromatic carbocycles. The first-order valence-electron chi connectivity index (χ1n) is 10.5. The highest BCUT2D eigenvalue weighted by Crippen LogP contribution is 2.51. The fourth-order valence-corrected chi connectivity index (χ4v) is 4.79. The molecule has 164 valence electrons. The fraction of sp³-hybridized carbons (Fsp3) is 0.280. The molecule has 0 heterocycles. The topological polar surface area (TPSA) is 54.0 Å². The second-order valence-corrected chi connectivity index (χ2v) is 9.02. The Labute approximate surface area is 184 Å². The molecule has 0 fully saturated rings. The summed E-state index contributed by atoms with van der Waals surface area (Å²) in [5.41, 5.74) is 2.90. The van der Waals surface area contributed by atoms with Crippen LogP contribution >= 0.6 is 7.60 Å². The minimum Gasteiger partial charge on any atom is -0.489 e. The smallest absolute Gasteiger partial charge is 0.335 e. The van der Waals surface area contributed by atoms with Crippen LogP contribution < -0.4 is 9.47 Å². The Hall–Kier alpha value is -2.59. The molecule has 0 atom stereocenters. The van der Waals surface area contributed by atoms with Crippen molar-refractivity contribution in [1.29, 1.82) is 0 Å². The van der Waals surface area contributed by atoms with Crippen molar-refractivity contribution in [3.8, 4) is 11.5 Å². The quantitative estimate of drug-likeness (QED) is 0.297. The van der Waals surface area contributed by atoms with Gasteiger partial charge in [-0.3, -0.25) is 4.57 Å². The predicted molar refractivity (Wildman–Crippen MR) is 123 cm³/mol. The second kappa shape index (κ2) is 11.7. The molecule has 3 aromatic rings. The summed E-state index contributed by atoms with van der Waals surface area (Å²) < 4.78 is 36.0. The van der Waals surface area contributed by atoms with Gasteiger partial charge < -0.3 is 18.5 Å². The van der Waals surface area contributed by atoms with Crippen LogP contribution in [-0.4, -0.2) is 13.2 Å². The minimum atomic E-state index is -3.25. The van der Waals surface area contributed by atoms with E-state index in [1.807, 2.05) is 78.9 Å². The summed E-state index contributed by atoms with van der Waals surface area (Å²) in [4.78, 5) is 0. The van der Waals surface area contributed by atoms with Crippen LogP contribution in [0.15, 0.2) is 78.9 Å². The zero-order valence-electron chi connectivity index (χ0n) is 18.0. The summed E-state index contributed by atoms with van der Waals surface area (Å²) in [5.74, 6) is 1.29. The number of rotatable bonds is 12. The van der Waals surface area contributed by atoms with Crippen LogP contribution in [0.1, 0.15) is 30.5 Å². The van der Waals surface area contributed by atoms with Crippen molar-refractivity contribution in [2.45, 2.75) is 33.2 Å². The Kier molecular flexibility index (Phi) is 8.72. The third-order valence-electron chi connectivity index (χ3n) is 4.46. The Morgan fingerprint density at radius 3 is 1.52 bits per heavy atom. The lowest BCUT2D eigenvalue weighted by molar-refractivity contribution is 0.219. The van der Waals surface area contributed by atoms with Gasteiger partial charge in [0.2, 0.25) is 0 Å². The lowest BCUT2D eigenvalue weighted by Gasteiger charge is -2.18. The summed E-state index contributed by atoms with van der Waals surface area (Å²) in [6, 6.07) is 25.5. The standard InChI is InChI=1S/C25H29O5P/c1-3-29-31(26,30-4-2)20-23-15-24(27-18-21-11-7-5-8-12-21)17-25(16-23)28-19-22-13-9-6-10-14-22/h5-17H,3-4,18-20H2,1-2H3. The molecule has 0 spiro atoms. The van der Waals surface area contributed by atoms with Crippen LogP contribution in [-0.2, 0) is 33.0 Å². The van der Waals surface area contributed by atoms with Crippen LogP contribution in [0.4, 0.5) is 0 Å². The highest BCUT2D eigenvalue weighted by molar-refractivity contribution is 7.53. The first-order chi connectivity index (χ1) is 15.1. The van der Waals surface area contributed by atoms with Gasteiger partial charge in [0.25, 0.3) is 0 Å². The Morgan fingerprint density at radius 2 is 1.10 bits per heavy atom. The molecule has 0 aromatic heterocycles. The number of hydrogen-bond donors (Lipinski definition) is 0. The maximum atomic E-state index is 13.0. The molecule has 0 bridgehead atoms. The van der Waals surface area contributed by atoms with Crippen molar-refractivity contribution < 1.29 is 23.1 Å². The van der Waals surface area contributed by atoms with E-state index >= 15 is 0 Å². The molecule has 0 unspecified atom stereocenters. The van der Waals surface area contributed by atoms with Crippen LogP contribution in [0.25, 0.3) is 0 Å². The monoisotopic (exact) mass is 440 g/mol. The van der Waals surface area contributed by atoms with Crippen LogP contribution in [0.2, 0.25) is 0 Å². The van der Waals surface area contributed by atoms with Gasteiger partial charge in [0.1, 0.15) is 24.7 Å². The van der Waals surface area contributed by atoms with Gasteiger partial charge >= 0.3 is 7.60 Å². The molecular formula is C25H29O5P. The van der Waals surface area contributed by atoms with Crippen LogP contribution in [0.5, 0.6) is 11.5 Å². The van der Waals surface area contributed by atoms with E-state index < -0.39 is 7.60 Å². The molecule has 0 saturated carbocycles. The number of ether oxygens (including phenoxy) is 2. The molecule has 0 radical (unpaired) electrons. The number of hydrogen-bond acceptors (Lipinski definition) is 5. The van der Waals surface area contributed by atoms with E-state index in [9.17, 15) is 4.57 Å². The zero-order valence-corrected chi connectivity index (χ0v) is 18.9. The molecule has 0 aliphatic carbocycles. The fourth-order valence-electron chi connectivity index (χ4n) is 3.12. The van der Waals surface area contributed by atoms with Gasteiger partial charge in [-0.05, 0) is 42.7 Å². The van der Waals surface area contributed by atoms with E-state index in [-0.39, 0.29) is 6.16 Å². The Morgan fingerprint density at radius 1 is 0.645 bits per heavy atom. The SMILES string of the molecule is CCOP(=O)(Cc1cc(OCc2ccccc2)cc(OCc2ccccc2)c1)OCC. The first kappa shape index (κ1) is 23.1. The lowest BCUT2D eigenvalue weighted by atomic mass is 10.2. The largest absolute Gasteiger partial charge is 0.489 e. The molecule has 5 nitrogen and oxygen atoms in total. The van der Waals surface area contributed by atoms with Gasteiger partial charge in [-0.15, -0.1) is 0 Å². The van der Waals surface area contributed by atoms with Gasteiger partial charge in [0, 0.05) is 6.07 Å². The molecule has 0 N–H and O–H groups in total. The van der Waals surface area contributed by atoms with Crippen molar-refractivity contribution in [1.82, 2.24) is 0 Å². The minimum absolute atomic E-state index is 0.152. The molecule has 0 saturated heterocycles. The molecular weight excluding hydrogens is 411 g/mol. The predicted octanol–water partition coefficient (Wildman–Crippen LogP) is 6.61. The Bertz CT molecular complexity index is 904.